The summed E-state index contributed by atoms with van der Waals surface area (Å²) >= 11 is 0. The molecule has 0 aliphatic heterocycles. The first-order chi connectivity index (χ1) is 5.35. The third-order valence-corrected chi connectivity index (χ3v) is 1.39. The average molecular weight is 174 g/mol. The minimum absolute atomic E-state index is 0.0967. The average Bonchev–Trinajstić information content (AvgIpc) is 1.82. The van der Waals surface area contributed by atoms with Crippen LogP contribution < -0.4 is 11.5 Å². The molecule has 12 heavy (non-hydrogen) atoms. The van der Waals surface area contributed by atoms with Gasteiger partial charge in [0.2, 0.25) is 0 Å². The summed E-state index contributed by atoms with van der Waals surface area (Å²) < 4.78 is 4.79. The van der Waals surface area contributed by atoms with Gasteiger partial charge in [-0.05, 0) is 11.8 Å². The normalized spacial score (nSPS) is 14.0. The van der Waals surface area contributed by atoms with E-state index in [1.54, 1.807) is 0 Å². The van der Waals surface area contributed by atoms with Gasteiger partial charge in [-0.2, -0.15) is 0 Å². The lowest BCUT2D eigenvalue weighted by molar-refractivity contribution is 0.0840. The van der Waals surface area contributed by atoms with E-state index >= 15 is 0 Å². The molecule has 72 valence electrons. The van der Waals surface area contributed by atoms with Crippen LogP contribution in [0.5, 0.6) is 0 Å². The third-order valence-electron chi connectivity index (χ3n) is 1.39. The maximum absolute atomic E-state index is 10.4. The van der Waals surface area contributed by atoms with E-state index in [0.717, 1.165) is 6.42 Å². The molecule has 0 unspecified atom stereocenters. The molecule has 0 aliphatic carbocycles. The molecule has 0 bridgehead atoms. The predicted octanol–water partition coefficient (Wildman–Crippen LogP) is 0.845. The van der Waals surface area contributed by atoms with Crippen molar-refractivity contribution in [3.05, 3.63) is 0 Å². The summed E-state index contributed by atoms with van der Waals surface area (Å²) in [4.78, 5) is 10.4. The van der Waals surface area contributed by atoms with Crippen LogP contribution in [0.2, 0.25) is 0 Å². The topological polar surface area (TPSA) is 78.3 Å². The van der Waals surface area contributed by atoms with Gasteiger partial charge in [-0.25, -0.2) is 4.79 Å². The van der Waals surface area contributed by atoms with Crippen molar-refractivity contribution in [2.75, 3.05) is 6.54 Å². The fourth-order valence-electron chi connectivity index (χ4n) is 1.02. The number of carbonyl (C=O) groups is 1. The minimum atomic E-state index is -0.755. The maximum Gasteiger partial charge on any atom is 0.404 e. The third kappa shape index (κ3) is 5.97. The van der Waals surface area contributed by atoms with E-state index in [1.165, 1.54) is 0 Å². The largest absolute Gasteiger partial charge is 0.445 e. The lowest BCUT2D eigenvalue weighted by Gasteiger charge is -2.24. The summed E-state index contributed by atoms with van der Waals surface area (Å²) in [5, 5.41) is 0. The molecule has 0 saturated carbocycles. The van der Waals surface area contributed by atoms with E-state index in [-0.39, 0.29) is 11.5 Å². The highest BCUT2D eigenvalue weighted by atomic mass is 16.6. The molecular weight excluding hydrogens is 156 g/mol. The zero-order valence-electron chi connectivity index (χ0n) is 7.96. The van der Waals surface area contributed by atoms with Crippen molar-refractivity contribution in [1.29, 1.82) is 0 Å². The van der Waals surface area contributed by atoms with E-state index < -0.39 is 6.09 Å². The highest BCUT2D eigenvalue weighted by molar-refractivity contribution is 5.64. The summed E-state index contributed by atoms with van der Waals surface area (Å²) in [7, 11) is 0. The van der Waals surface area contributed by atoms with Gasteiger partial charge in [0.15, 0.2) is 0 Å². The number of nitrogens with two attached hydrogens (primary N) is 2. The van der Waals surface area contributed by atoms with E-state index in [4.69, 9.17) is 16.2 Å². The first kappa shape index (κ1) is 11.2. The molecule has 4 N–H and O–H groups in total. The van der Waals surface area contributed by atoms with Gasteiger partial charge in [-0.3, -0.25) is 0 Å². The van der Waals surface area contributed by atoms with Crippen molar-refractivity contribution in [3.8, 4) is 0 Å². The molecule has 1 atom stereocenters. The lowest BCUT2D eigenvalue weighted by Crippen LogP contribution is -2.32. The number of hydrogen-bond donors (Lipinski definition) is 2. The summed E-state index contributed by atoms with van der Waals surface area (Å²) in [6.45, 7) is 6.49. The molecule has 1 amide bonds. The van der Waals surface area contributed by atoms with E-state index in [2.05, 4.69) is 20.8 Å². The van der Waals surface area contributed by atoms with Crippen molar-refractivity contribution in [1.82, 2.24) is 0 Å². The standard InChI is InChI=1S/C8H18N2O2/c1-8(2,3)4-6(5-9)12-7(10)11/h6H,4-5,9H2,1-3H3,(H2,10,11)/t6-/m0/s1. The Bertz CT molecular complexity index is 152. The number of hydrogen-bond acceptors (Lipinski definition) is 3. The highest BCUT2D eigenvalue weighted by Crippen LogP contribution is 2.21. The van der Waals surface area contributed by atoms with Crippen LogP contribution >= 0.6 is 0 Å². The van der Waals surface area contributed by atoms with Gasteiger partial charge in [-0.15, -0.1) is 0 Å². The molecule has 0 rings (SSSR count). The molecule has 0 aromatic rings. The molecule has 0 aromatic carbocycles. The zero-order valence-corrected chi connectivity index (χ0v) is 7.96. The Kier molecular flexibility index (Phi) is 4.03. The summed E-state index contributed by atoms with van der Waals surface area (Å²) in [6, 6.07) is 0. The number of rotatable bonds is 3. The molecule has 0 heterocycles. The molecule has 0 saturated heterocycles. The highest BCUT2D eigenvalue weighted by Gasteiger charge is 2.19. The van der Waals surface area contributed by atoms with Crippen LogP contribution in [0.3, 0.4) is 0 Å². The molecular formula is C8H18N2O2. The summed E-state index contributed by atoms with van der Waals surface area (Å²) in [6.07, 6.45) is -0.288. The molecule has 0 radical (unpaired) electrons. The van der Waals surface area contributed by atoms with Crippen LogP contribution in [0, 0.1) is 5.41 Å². The van der Waals surface area contributed by atoms with Gasteiger partial charge in [0.1, 0.15) is 6.10 Å². The Morgan fingerprint density at radius 1 is 1.50 bits per heavy atom. The maximum atomic E-state index is 10.4. The van der Waals surface area contributed by atoms with Gasteiger partial charge < -0.3 is 16.2 Å². The van der Waals surface area contributed by atoms with Crippen molar-refractivity contribution < 1.29 is 9.53 Å². The van der Waals surface area contributed by atoms with E-state index in [0.29, 0.717) is 6.54 Å². The van der Waals surface area contributed by atoms with Crippen LogP contribution in [0.25, 0.3) is 0 Å². The molecule has 0 fully saturated rings. The predicted molar refractivity (Wildman–Crippen MR) is 47.6 cm³/mol. The van der Waals surface area contributed by atoms with Crippen LogP contribution in [0.15, 0.2) is 0 Å². The Hall–Kier alpha value is -0.770. The summed E-state index contributed by atoms with van der Waals surface area (Å²) in [5.74, 6) is 0. The number of amides is 1. The number of carbonyl (C=O) groups excluding carboxylic acids is 1. The molecule has 4 heteroatoms. The van der Waals surface area contributed by atoms with Crippen molar-refractivity contribution in [2.45, 2.75) is 33.3 Å². The Morgan fingerprint density at radius 3 is 2.25 bits per heavy atom. The van der Waals surface area contributed by atoms with Crippen LogP contribution in [-0.2, 0) is 4.74 Å². The van der Waals surface area contributed by atoms with Crippen LogP contribution in [0.4, 0.5) is 4.79 Å². The molecule has 0 aliphatic rings. The van der Waals surface area contributed by atoms with Gasteiger partial charge >= 0.3 is 6.09 Å². The second-order valence-corrected chi connectivity index (χ2v) is 4.06. The second-order valence-electron chi connectivity index (χ2n) is 4.06. The van der Waals surface area contributed by atoms with Crippen molar-refractivity contribution in [3.63, 3.8) is 0 Å². The van der Waals surface area contributed by atoms with E-state index in [1.807, 2.05) is 0 Å². The molecule has 4 nitrogen and oxygen atoms in total. The Balaban J connectivity index is 3.92. The van der Waals surface area contributed by atoms with Gasteiger partial charge in [0, 0.05) is 6.54 Å². The first-order valence-electron chi connectivity index (χ1n) is 4.01. The van der Waals surface area contributed by atoms with Crippen LogP contribution in [0.1, 0.15) is 27.2 Å². The van der Waals surface area contributed by atoms with Gasteiger partial charge in [-0.1, -0.05) is 20.8 Å². The molecule has 0 spiro atoms. The molecule has 0 aromatic heterocycles. The number of ether oxygens (including phenoxy) is 1. The van der Waals surface area contributed by atoms with E-state index in [9.17, 15) is 4.79 Å². The fourth-order valence-corrected chi connectivity index (χ4v) is 1.02. The van der Waals surface area contributed by atoms with Gasteiger partial charge in [0.25, 0.3) is 0 Å². The fraction of sp³-hybridized carbons (Fsp3) is 0.875. The summed E-state index contributed by atoms with van der Waals surface area (Å²) in [5.41, 5.74) is 10.4. The minimum Gasteiger partial charge on any atom is -0.445 e. The Labute approximate surface area is 73.2 Å². The smallest absolute Gasteiger partial charge is 0.404 e. The lowest BCUT2D eigenvalue weighted by atomic mass is 9.89. The van der Waals surface area contributed by atoms with Crippen molar-refractivity contribution in [2.24, 2.45) is 16.9 Å². The first-order valence-corrected chi connectivity index (χ1v) is 4.01. The number of primary amides is 1. The quantitative estimate of drug-likeness (QED) is 0.665. The van der Waals surface area contributed by atoms with Crippen LogP contribution in [-0.4, -0.2) is 18.7 Å². The SMILES string of the molecule is CC(C)(C)C[C@@H](CN)OC(N)=O. The zero-order chi connectivity index (χ0) is 9.78. The van der Waals surface area contributed by atoms with Crippen molar-refractivity contribution >= 4 is 6.09 Å². The monoisotopic (exact) mass is 174 g/mol. The Morgan fingerprint density at radius 2 is 2.00 bits per heavy atom. The van der Waals surface area contributed by atoms with Gasteiger partial charge in [0.05, 0.1) is 0 Å². The second kappa shape index (κ2) is 4.30.